The predicted octanol–water partition coefficient (Wildman–Crippen LogP) is -0.780. The summed E-state index contributed by atoms with van der Waals surface area (Å²) in [5, 5.41) is 0.574. The third-order valence-electron chi connectivity index (χ3n) is 0.819. The van der Waals surface area contributed by atoms with Gasteiger partial charge in [-0.15, -0.1) is 0 Å². The van der Waals surface area contributed by atoms with E-state index in [0.717, 1.165) is 6.08 Å². The molecule has 0 aliphatic rings. The lowest BCUT2D eigenvalue weighted by molar-refractivity contribution is 0.472. The third kappa shape index (κ3) is 3.91. The second-order valence-electron chi connectivity index (χ2n) is 1.68. The van der Waals surface area contributed by atoms with Gasteiger partial charge in [0.05, 0.1) is 0 Å². The highest BCUT2D eigenvalue weighted by atomic mass is 32.2. The summed E-state index contributed by atoms with van der Waals surface area (Å²) < 4.78 is 29.3. The molecule has 1 atom stereocenters. The van der Waals surface area contributed by atoms with Crippen LogP contribution in [0.25, 0.3) is 0 Å². The Hall–Kier alpha value is -0.660. The van der Waals surface area contributed by atoms with Crippen LogP contribution in [-0.2, 0) is 10.1 Å². The van der Waals surface area contributed by atoms with Crippen molar-refractivity contribution in [3.63, 3.8) is 0 Å². The highest BCUT2D eigenvalue weighted by Gasteiger charge is 2.18. The molecule has 0 aliphatic carbocycles. The topological polar surface area (TPSA) is 92.4 Å². The molecular weight excluding hydrogens is 188 g/mol. The first-order chi connectivity index (χ1) is 4.88. The number of thiocarbonyl (C=S) groups is 1. The van der Waals surface area contributed by atoms with E-state index in [4.69, 9.17) is 10.3 Å². The van der Waals surface area contributed by atoms with Gasteiger partial charge in [0.1, 0.15) is 0 Å². The largest absolute Gasteiger partial charge is 0.376 e. The highest BCUT2D eigenvalue weighted by molar-refractivity contribution is 7.86. The van der Waals surface area contributed by atoms with Gasteiger partial charge in [0.15, 0.2) is 10.5 Å². The molecule has 0 saturated carbocycles. The van der Waals surface area contributed by atoms with Crippen LogP contribution in [0.4, 0.5) is 0 Å². The molecule has 0 rings (SSSR count). The van der Waals surface area contributed by atoms with Gasteiger partial charge in [-0.05, 0) is 12.2 Å². The molecule has 0 fully saturated rings. The van der Waals surface area contributed by atoms with E-state index >= 15 is 0 Å². The Morgan fingerprint density at radius 2 is 2.27 bits per heavy atom. The second kappa shape index (κ2) is 3.65. The van der Waals surface area contributed by atoms with Gasteiger partial charge >= 0.3 is 0 Å². The number of nitrogens with one attached hydrogen (secondary N) is 1. The summed E-state index contributed by atoms with van der Waals surface area (Å²) in [6.45, 7) is 3.16. The molecule has 0 saturated heterocycles. The molecule has 11 heavy (non-hydrogen) atoms. The van der Waals surface area contributed by atoms with Crippen LogP contribution < -0.4 is 11.1 Å². The molecule has 0 radical (unpaired) electrons. The third-order valence-corrected chi connectivity index (χ3v) is 1.89. The minimum Gasteiger partial charge on any atom is -0.376 e. The van der Waals surface area contributed by atoms with Crippen LogP contribution in [0.2, 0.25) is 0 Å². The summed E-state index contributed by atoms with van der Waals surface area (Å²) in [6.07, 6.45) is 0.981. The lowest BCUT2D eigenvalue weighted by Gasteiger charge is -2.09. The zero-order chi connectivity index (χ0) is 9.07. The van der Waals surface area contributed by atoms with Crippen molar-refractivity contribution in [2.24, 2.45) is 5.73 Å². The van der Waals surface area contributed by atoms with Gasteiger partial charge in [-0.25, -0.2) is 0 Å². The van der Waals surface area contributed by atoms with E-state index in [1.165, 1.54) is 0 Å². The smallest absolute Gasteiger partial charge is 0.289 e. The monoisotopic (exact) mass is 196 g/mol. The van der Waals surface area contributed by atoms with Crippen molar-refractivity contribution in [2.45, 2.75) is 5.37 Å². The zero-order valence-electron chi connectivity index (χ0n) is 5.52. The first kappa shape index (κ1) is 10.3. The van der Waals surface area contributed by atoms with Gasteiger partial charge in [0, 0.05) is 0 Å². The Bertz CT molecular complexity index is 259. The summed E-state index contributed by atoms with van der Waals surface area (Å²) in [6, 6.07) is 0. The van der Waals surface area contributed by atoms with Crippen LogP contribution in [-0.4, -0.2) is 23.5 Å². The number of nitrogens with two attached hydrogens (primary N) is 1. The molecule has 0 heterocycles. The average Bonchev–Trinajstić information content (AvgIpc) is 1.79. The van der Waals surface area contributed by atoms with E-state index in [1.54, 1.807) is 0 Å². The molecule has 0 aromatic heterocycles. The lowest BCUT2D eigenvalue weighted by atomic mass is 10.6. The van der Waals surface area contributed by atoms with Crippen molar-refractivity contribution < 1.29 is 13.0 Å². The van der Waals surface area contributed by atoms with Crippen molar-refractivity contribution in [1.82, 2.24) is 5.32 Å². The maximum absolute atomic E-state index is 10.4. The minimum atomic E-state index is -4.21. The average molecular weight is 196 g/mol. The molecule has 0 aromatic rings. The first-order valence-electron chi connectivity index (χ1n) is 2.52. The molecule has 64 valence electrons. The molecule has 0 aliphatic heterocycles. The Morgan fingerprint density at radius 3 is 2.36 bits per heavy atom. The zero-order valence-corrected chi connectivity index (χ0v) is 7.15. The van der Waals surface area contributed by atoms with Gasteiger partial charge in [-0.2, -0.15) is 8.42 Å². The molecule has 7 heteroatoms. The van der Waals surface area contributed by atoms with Crippen LogP contribution >= 0.6 is 12.2 Å². The SMILES string of the molecule is C=CC(NC(N)=S)S(=O)(=O)O. The van der Waals surface area contributed by atoms with Crippen molar-refractivity contribution in [2.75, 3.05) is 0 Å². The Labute approximate surface area is 70.0 Å². The van der Waals surface area contributed by atoms with Crippen LogP contribution in [0, 0.1) is 0 Å². The summed E-state index contributed by atoms with van der Waals surface area (Å²) in [5.74, 6) is 0. The normalized spacial score (nSPS) is 13.5. The van der Waals surface area contributed by atoms with Crippen molar-refractivity contribution in [3.05, 3.63) is 12.7 Å². The summed E-state index contributed by atoms with van der Waals surface area (Å²) in [7, 11) is -4.21. The van der Waals surface area contributed by atoms with Crippen LogP contribution in [0.5, 0.6) is 0 Å². The van der Waals surface area contributed by atoms with Gasteiger partial charge < -0.3 is 11.1 Å². The maximum Gasteiger partial charge on any atom is 0.289 e. The summed E-state index contributed by atoms with van der Waals surface area (Å²) >= 11 is 4.35. The Kier molecular flexibility index (Phi) is 3.43. The second-order valence-corrected chi connectivity index (χ2v) is 3.66. The minimum absolute atomic E-state index is 0.215. The van der Waals surface area contributed by atoms with Crippen molar-refractivity contribution in [1.29, 1.82) is 0 Å². The van der Waals surface area contributed by atoms with Crippen LogP contribution in [0.1, 0.15) is 0 Å². The van der Waals surface area contributed by atoms with Crippen molar-refractivity contribution >= 4 is 27.4 Å². The quantitative estimate of drug-likeness (QED) is 0.311. The van der Waals surface area contributed by atoms with Gasteiger partial charge in [-0.1, -0.05) is 12.7 Å². The molecule has 1 unspecified atom stereocenters. The lowest BCUT2D eigenvalue weighted by Crippen LogP contribution is -2.41. The maximum atomic E-state index is 10.4. The number of hydrogen-bond donors (Lipinski definition) is 3. The van der Waals surface area contributed by atoms with Crippen LogP contribution in [0.15, 0.2) is 12.7 Å². The fraction of sp³-hybridized carbons (Fsp3) is 0.250. The summed E-state index contributed by atoms with van der Waals surface area (Å²) in [4.78, 5) is 0. The molecule has 0 aromatic carbocycles. The summed E-state index contributed by atoms with van der Waals surface area (Å²) in [5.41, 5.74) is 4.96. The van der Waals surface area contributed by atoms with Crippen molar-refractivity contribution in [3.8, 4) is 0 Å². The Morgan fingerprint density at radius 1 is 1.82 bits per heavy atom. The molecule has 0 amide bonds. The van der Waals surface area contributed by atoms with E-state index in [1.807, 2.05) is 0 Å². The predicted molar refractivity (Wildman–Crippen MR) is 45.5 cm³/mol. The van der Waals surface area contributed by atoms with E-state index in [0.29, 0.717) is 0 Å². The van der Waals surface area contributed by atoms with E-state index < -0.39 is 15.5 Å². The fourth-order valence-corrected chi connectivity index (χ4v) is 1.12. The standard InChI is InChI=1S/C4H8N2O3S2/c1-2-3(6-4(5)10)11(7,8)9/h2-3H,1H2,(H3,5,6,10)(H,7,8,9). The van der Waals surface area contributed by atoms with Gasteiger partial charge in [0.25, 0.3) is 10.1 Å². The number of rotatable bonds is 3. The Balaban J connectivity index is 4.44. The molecule has 0 bridgehead atoms. The van der Waals surface area contributed by atoms with E-state index in [2.05, 4.69) is 24.1 Å². The molecule has 4 N–H and O–H groups in total. The number of hydrogen-bond acceptors (Lipinski definition) is 3. The van der Waals surface area contributed by atoms with Gasteiger partial charge in [0.2, 0.25) is 0 Å². The molecule has 5 nitrogen and oxygen atoms in total. The molecular formula is C4H8N2O3S2. The van der Waals surface area contributed by atoms with Crippen LogP contribution in [0.3, 0.4) is 0 Å². The van der Waals surface area contributed by atoms with E-state index in [-0.39, 0.29) is 5.11 Å². The first-order valence-corrected chi connectivity index (χ1v) is 4.44. The fourth-order valence-electron chi connectivity index (χ4n) is 0.395. The van der Waals surface area contributed by atoms with Gasteiger partial charge in [-0.3, -0.25) is 4.55 Å². The van der Waals surface area contributed by atoms with E-state index in [9.17, 15) is 8.42 Å². The highest BCUT2D eigenvalue weighted by Crippen LogP contribution is 1.94. The molecule has 0 spiro atoms.